The molecule has 0 bridgehead atoms. The third-order valence-electron chi connectivity index (χ3n) is 5.13. The van der Waals surface area contributed by atoms with Gasteiger partial charge in [-0.2, -0.15) is 0 Å². The Hall–Kier alpha value is -3.51. The number of hydrogen-bond acceptors (Lipinski definition) is 7. The van der Waals surface area contributed by atoms with Crippen molar-refractivity contribution < 1.29 is 34.2 Å². The van der Waals surface area contributed by atoms with Gasteiger partial charge >= 0.3 is 5.97 Å². The summed E-state index contributed by atoms with van der Waals surface area (Å²) in [6, 6.07) is 3.89. The summed E-state index contributed by atoms with van der Waals surface area (Å²) in [7, 11) is 0. The minimum Gasteiger partial charge on any atom is -0.480 e. The Morgan fingerprint density at radius 1 is 1.00 bits per heavy atom. The molecule has 1 aromatic carbocycles. The van der Waals surface area contributed by atoms with E-state index in [1.165, 1.54) is 0 Å². The van der Waals surface area contributed by atoms with Crippen LogP contribution in [0.4, 0.5) is 0 Å². The highest BCUT2D eigenvalue weighted by molar-refractivity contribution is 5.96. The topological polar surface area (TPSA) is 200 Å². The van der Waals surface area contributed by atoms with E-state index in [9.17, 15) is 34.2 Å². The second-order valence-electron chi connectivity index (χ2n) is 7.71. The molecule has 1 saturated heterocycles. The molecule has 33 heavy (non-hydrogen) atoms. The number of aliphatic hydroxyl groups excluding tert-OH is 1. The molecule has 1 aromatic rings. The number of nitrogens with two attached hydrogens (primary N) is 1. The predicted octanol–water partition coefficient (Wildman–Crippen LogP) is -2.61. The van der Waals surface area contributed by atoms with Gasteiger partial charge < -0.3 is 37.2 Å². The highest BCUT2D eigenvalue weighted by Gasteiger charge is 2.32. The van der Waals surface area contributed by atoms with Gasteiger partial charge in [0.2, 0.25) is 23.6 Å². The number of aliphatic hydroxyl groups is 1. The molecule has 180 valence electrons. The zero-order valence-corrected chi connectivity index (χ0v) is 18.0. The zero-order chi connectivity index (χ0) is 24.4. The molecule has 4 amide bonds. The van der Waals surface area contributed by atoms with E-state index in [-0.39, 0.29) is 6.42 Å². The van der Waals surface area contributed by atoms with Crippen molar-refractivity contribution in [2.75, 3.05) is 13.2 Å². The average Bonchev–Trinajstić information content (AvgIpc) is 3.31. The molecule has 0 aromatic heterocycles. The molecule has 2 rings (SSSR count). The third-order valence-corrected chi connectivity index (χ3v) is 5.13. The maximum absolute atomic E-state index is 12.7. The van der Waals surface area contributed by atoms with E-state index in [4.69, 9.17) is 5.73 Å². The Morgan fingerprint density at radius 2 is 1.64 bits per heavy atom. The van der Waals surface area contributed by atoms with Gasteiger partial charge in [0.1, 0.15) is 18.1 Å². The number of amides is 4. The van der Waals surface area contributed by atoms with Gasteiger partial charge in [0.15, 0.2) is 0 Å². The summed E-state index contributed by atoms with van der Waals surface area (Å²) >= 11 is 0. The molecule has 0 spiro atoms. The van der Waals surface area contributed by atoms with Crippen LogP contribution in [0.2, 0.25) is 0 Å². The molecule has 1 heterocycles. The van der Waals surface area contributed by atoms with Gasteiger partial charge in [0.25, 0.3) is 0 Å². The fourth-order valence-corrected chi connectivity index (χ4v) is 3.38. The van der Waals surface area contributed by atoms with E-state index in [1.54, 1.807) is 30.3 Å². The number of nitrogens with one attached hydrogen (secondary N) is 4. The maximum atomic E-state index is 12.7. The standard InChI is InChI=1S/C21H29N5O7/c22-17(28)10-14(19(30)25-15(21(32)33)9-12-5-2-1-3-6-12)24-20(31)16(11-27)26-18(29)13-7-4-8-23-13/h1-3,5-6,13-16,23,27H,4,7-11H2,(H2,22,28)(H,24,31)(H,25,30)(H,26,29)(H,32,33). The van der Waals surface area contributed by atoms with E-state index in [2.05, 4.69) is 21.3 Å². The molecule has 4 atom stereocenters. The van der Waals surface area contributed by atoms with Crippen molar-refractivity contribution in [3.8, 4) is 0 Å². The first-order chi connectivity index (χ1) is 15.7. The van der Waals surface area contributed by atoms with Crippen molar-refractivity contribution in [1.29, 1.82) is 0 Å². The molecule has 12 heteroatoms. The summed E-state index contributed by atoms with van der Waals surface area (Å²) in [5, 5.41) is 28.9. The predicted molar refractivity (Wildman–Crippen MR) is 115 cm³/mol. The molecule has 0 radical (unpaired) electrons. The second-order valence-corrected chi connectivity index (χ2v) is 7.71. The highest BCUT2D eigenvalue weighted by Crippen LogP contribution is 2.06. The van der Waals surface area contributed by atoms with Gasteiger partial charge in [0, 0.05) is 6.42 Å². The first-order valence-corrected chi connectivity index (χ1v) is 10.5. The van der Waals surface area contributed by atoms with Crippen molar-refractivity contribution in [3.63, 3.8) is 0 Å². The number of primary amides is 1. The molecule has 0 saturated carbocycles. The van der Waals surface area contributed by atoms with Gasteiger partial charge in [-0.3, -0.25) is 19.2 Å². The lowest BCUT2D eigenvalue weighted by Gasteiger charge is -2.24. The number of carboxylic acids is 1. The maximum Gasteiger partial charge on any atom is 0.326 e. The minimum atomic E-state index is -1.50. The molecular weight excluding hydrogens is 434 g/mol. The van der Waals surface area contributed by atoms with E-state index in [0.717, 1.165) is 6.42 Å². The molecule has 0 aliphatic carbocycles. The summed E-state index contributed by atoms with van der Waals surface area (Å²) in [5.74, 6) is -4.55. The van der Waals surface area contributed by atoms with Crippen LogP contribution >= 0.6 is 0 Å². The number of carbonyl (C=O) groups excluding carboxylic acids is 4. The molecule has 1 fully saturated rings. The van der Waals surface area contributed by atoms with Gasteiger partial charge in [-0.05, 0) is 24.9 Å². The zero-order valence-electron chi connectivity index (χ0n) is 18.0. The largest absolute Gasteiger partial charge is 0.480 e. The number of carboxylic acid groups (broad SMARTS) is 1. The SMILES string of the molecule is NC(=O)CC(NC(=O)C(CO)NC(=O)C1CCCN1)C(=O)NC(Cc1ccccc1)C(=O)O. The van der Waals surface area contributed by atoms with Crippen molar-refractivity contribution in [1.82, 2.24) is 21.3 Å². The fourth-order valence-electron chi connectivity index (χ4n) is 3.38. The van der Waals surface area contributed by atoms with Gasteiger partial charge in [-0.25, -0.2) is 4.79 Å². The van der Waals surface area contributed by atoms with Crippen molar-refractivity contribution in [2.24, 2.45) is 5.73 Å². The Kier molecular flexibility index (Phi) is 9.76. The van der Waals surface area contributed by atoms with Gasteiger partial charge in [-0.15, -0.1) is 0 Å². The molecule has 1 aliphatic heterocycles. The Morgan fingerprint density at radius 3 is 2.18 bits per heavy atom. The smallest absolute Gasteiger partial charge is 0.326 e. The quantitative estimate of drug-likeness (QED) is 0.175. The monoisotopic (exact) mass is 463 g/mol. The van der Waals surface area contributed by atoms with Crippen LogP contribution in [0.25, 0.3) is 0 Å². The van der Waals surface area contributed by atoms with E-state index < -0.39 is 66.8 Å². The van der Waals surface area contributed by atoms with Gasteiger partial charge in [0.05, 0.1) is 19.1 Å². The van der Waals surface area contributed by atoms with Crippen LogP contribution in [0.3, 0.4) is 0 Å². The number of carbonyl (C=O) groups is 5. The van der Waals surface area contributed by atoms with Crippen LogP contribution in [-0.2, 0) is 30.4 Å². The van der Waals surface area contributed by atoms with E-state index in [1.807, 2.05) is 0 Å². The lowest BCUT2D eigenvalue weighted by Crippen LogP contribution is -2.58. The number of benzene rings is 1. The first-order valence-electron chi connectivity index (χ1n) is 10.5. The van der Waals surface area contributed by atoms with Crippen LogP contribution in [0.1, 0.15) is 24.8 Å². The third kappa shape index (κ3) is 8.16. The Labute approximate surface area is 190 Å². The molecule has 8 N–H and O–H groups in total. The van der Waals surface area contributed by atoms with Crippen LogP contribution in [0.15, 0.2) is 30.3 Å². The number of rotatable bonds is 12. The van der Waals surface area contributed by atoms with Crippen LogP contribution < -0.4 is 27.0 Å². The van der Waals surface area contributed by atoms with Crippen molar-refractivity contribution >= 4 is 29.6 Å². The molecule has 1 aliphatic rings. The lowest BCUT2D eigenvalue weighted by atomic mass is 10.0. The molecule has 4 unspecified atom stereocenters. The highest BCUT2D eigenvalue weighted by atomic mass is 16.4. The van der Waals surface area contributed by atoms with E-state index >= 15 is 0 Å². The van der Waals surface area contributed by atoms with Crippen LogP contribution in [0.5, 0.6) is 0 Å². The normalized spacial score (nSPS) is 17.9. The van der Waals surface area contributed by atoms with Crippen LogP contribution in [0, 0.1) is 0 Å². The minimum absolute atomic E-state index is 0.0249. The van der Waals surface area contributed by atoms with Gasteiger partial charge in [-0.1, -0.05) is 30.3 Å². The summed E-state index contributed by atoms with van der Waals surface area (Å²) in [5.41, 5.74) is 5.84. The van der Waals surface area contributed by atoms with Crippen molar-refractivity contribution in [3.05, 3.63) is 35.9 Å². The van der Waals surface area contributed by atoms with E-state index in [0.29, 0.717) is 18.5 Å². The average molecular weight is 463 g/mol. The lowest BCUT2D eigenvalue weighted by molar-refractivity contribution is -0.142. The number of aliphatic carboxylic acids is 1. The summed E-state index contributed by atoms with van der Waals surface area (Å²) in [6.07, 6.45) is 0.743. The Balaban J connectivity index is 2.05. The first kappa shape index (κ1) is 25.7. The fraction of sp³-hybridized carbons (Fsp3) is 0.476. The second kappa shape index (κ2) is 12.5. The Bertz CT molecular complexity index is 858. The summed E-state index contributed by atoms with van der Waals surface area (Å²) in [6.45, 7) is -0.0936. The summed E-state index contributed by atoms with van der Waals surface area (Å²) in [4.78, 5) is 60.6. The number of hydrogen-bond donors (Lipinski definition) is 7. The van der Waals surface area contributed by atoms with Crippen molar-refractivity contribution in [2.45, 2.75) is 49.9 Å². The molecular formula is C21H29N5O7. The van der Waals surface area contributed by atoms with Crippen LogP contribution in [-0.4, -0.2) is 77.1 Å². The molecule has 12 nitrogen and oxygen atoms in total. The summed E-state index contributed by atoms with van der Waals surface area (Å²) < 4.78 is 0.